The number of carbonyl (C=O) groups excluding carboxylic acids is 1. The van der Waals surface area contributed by atoms with E-state index in [1.165, 1.54) is 0 Å². The Kier molecular flexibility index (Phi) is 5.20. The zero-order chi connectivity index (χ0) is 20.2. The van der Waals surface area contributed by atoms with Crippen LogP contribution in [-0.4, -0.2) is 31.8 Å². The molecule has 1 aromatic heterocycles. The number of nitrogens with zero attached hydrogens (tertiary/aromatic N) is 2. The Morgan fingerprint density at radius 2 is 1.79 bits per heavy atom. The van der Waals surface area contributed by atoms with Crippen molar-refractivity contribution in [3.63, 3.8) is 0 Å². The molecule has 0 spiro atoms. The predicted octanol–water partition coefficient (Wildman–Crippen LogP) is 3.74. The quantitative estimate of drug-likeness (QED) is 0.668. The van der Waals surface area contributed by atoms with Gasteiger partial charge >= 0.3 is 0 Å². The summed E-state index contributed by atoms with van der Waals surface area (Å²) in [6.07, 6.45) is 3.24. The second-order valence-electron chi connectivity index (χ2n) is 6.90. The van der Waals surface area contributed by atoms with Crippen molar-refractivity contribution in [3.8, 4) is 11.5 Å². The first-order valence-electron chi connectivity index (χ1n) is 9.25. The Morgan fingerprint density at radius 3 is 2.59 bits per heavy atom. The summed E-state index contributed by atoms with van der Waals surface area (Å²) < 4.78 is 10.7. The number of anilines is 3. The molecule has 1 amide bonds. The van der Waals surface area contributed by atoms with Gasteiger partial charge < -0.3 is 25.0 Å². The number of benzene rings is 2. The van der Waals surface area contributed by atoms with E-state index in [0.29, 0.717) is 12.1 Å². The topological polar surface area (TPSA) is 75.7 Å². The van der Waals surface area contributed by atoms with Gasteiger partial charge in [0, 0.05) is 44.4 Å². The highest BCUT2D eigenvalue weighted by molar-refractivity contribution is 6.04. The van der Waals surface area contributed by atoms with Crippen LogP contribution in [0.5, 0.6) is 11.5 Å². The van der Waals surface area contributed by atoms with E-state index in [-0.39, 0.29) is 12.7 Å². The van der Waals surface area contributed by atoms with Crippen molar-refractivity contribution in [3.05, 3.63) is 72.1 Å². The normalized spacial score (nSPS) is 11.8. The molecule has 1 aliphatic heterocycles. The van der Waals surface area contributed by atoms with Crippen LogP contribution in [0.25, 0.3) is 0 Å². The monoisotopic (exact) mass is 390 g/mol. The maximum atomic E-state index is 12.6. The first-order valence-corrected chi connectivity index (χ1v) is 9.25. The number of aromatic nitrogens is 1. The van der Waals surface area contributed by atoms with Gasteiger partial charge in [-0.3, -0.25) is 9.78 Å². The highest BCUT2D eigenvalue weighted by atomic mass is 16.7. The molecule has 2 N–H and O–H groups in total. The number of pyridine rings is 1. The Labute approximate surface area is 169 Å². The molecule has 7 nitrogen and oxygen atoms in total. The molecule has 4 rings (SSSR count). The lowest BCUT2D eigenvalue weighted by atomic mass is 10.2. The third-order valence-corrected chi connectivity index (χ3v) is 4.58. The molecule has 0 aliphatic carbocycles. The summed E-state index contributed by atoms with van der Waals surface area (Å²) in [5.41, 5.74) is 4.10. The van der Waals surface area contributed by atoms with Crippen molar-refractivity contribution in [1.82, 2.24) is 4.98 Å². The molecule has 148 valence electrons. The van der Waals surface area contributed by atoms with E-state index in [4.69, 9.17) is 9.47 Å². The van der Waals surface area contributed by atoms with Gasteiger partial charge in [-0.05, 0) is 48.0 Å². The lowest BCUT2D eigenvalue weighted by Crippen LogP contribution is -2.13. The van der Waals surface area contributed by atoms with Crippen molar-refractivity contribution in [2.24, 2.45) is 0 Å². The molecule has 1 aliphatic rings. The van der Waals surface area contributed by atoms with Crippen LogP contribution < -0.4 is 25.0 Å². The van der Waals surface area contributed by atoms with Crippen LogP contribution in [-0.2, 0) is 6.54 Å². The third kappa shape index (κ3) is 4.40. The highest BCUT2D eigenvalue weighted by Crippen LogP contribution is 2.32. The average Bonchev–Trinajstić information content (AvgIpc) is 3.21. The van der Waals surface area contributed by atoms with Gasteiger partial charge in [0.25, 0.3) is 5.91 Å². The van der Waals surface area contributed by atoms with E-state index in [2.05, 4.69) is 15.6 Å². The summed E-state index contributed by atoms with van der Waals surface area (Å²) in [6.45, 7) is 0.834. The van der Waals surface area contributed by atoms with Gasteiger partial charge in [0.2, 0.25) is 6.79 Å². The van der Waals surface area contributed by atoms with Crippen LogP contribution >= 0.6 is 0 Å². The fourth-order valence-corrected chi connectivity index (χ4v) is 2.96. The van der Waals surface area contributed by atoms with Gasteiger partial charge in [-0.2, -0.15) is 0 Å². The van der Waals surface area contributed by atoms with E-state index in [9.17, 15) is 4.79 Å². The first-order chi connectivity index (χ1) is 14.1. The Hall–Kier alpha value is -3.74. The second kappa shape index (κ2) is 8.10. The number of ether oxygens (including phenoxy) is 2. The molecule has 0 radical (unpaired) electrons. The predicted molar refractivity (Wildman–Crippen MR) is 113 cm³/mol. The summed E-state index contributed by atoms with van der Waals surface area (Å²) in [7, 11) is 3.95. The first kappa shape index (κ1) is 18.6. The standard InChI is InChI=1S/C22H22N4O3/c1-26(2)19-6-4-17(5-7-19)25-22(27)16-10-18(13-23-12-16)24-11-15-3-8-20-21(9-15)29-14-28-20/h3-10,12-13,24H,11,14H2,1-2H3,(H,25,27). The molecule has 0 atom stereocenters. The zero-order valence-electron chi connectivity index (χ0n) is 16.3. The Bertz CT molecular complexity index is 1020. The maximum absolute atomic E-state index is 12.6. The highest BCUT2D eigenvalue weighted by Gasteiger charge is 2.13. The van der Waals surface area contributed by atoms with Gasteiger partial charge in [-0.1, -0.05) is 6.07 Å². The number of hydrogen-bond acceptors (Lipinski definition) is 6. The van der Waals surface area contributed by atoms with Crippen molar-refractivity contribution in [1.29, 1.82) is 0 Å². The summed E-state index contributed by atoms with van der Waals surface area (Å²) >= 11 is 0. The molecule has 3 aromatic rings. The van der Waals surface area contributed by atoms with E-state index in [0.717, 1.165) is 34.1 Å². The largest absolute Gasteiger partial charge is 0.454 e. The number of hydrogen-bond donors (Lipinski definition) is 2. The summed E-state index contributed by atoms with van der Waals surface area (Å²) in [4.78, 5) is 18.8. The van der Waals surface area contributed by atoms with Gasteiger partial charge in [0.05, 0.1) is 11.3 Å². The SMILES string of the molecule is CN(C)c1ccc(NC(=O)c2cncc(NCc3ccc4c(c3)OCO4)c2)cc1. The number of fused-ring (bicyclic) bond motifs is 1. The Morgan fingerprint density at radius 1 is 1.00 bits per heavy atom. The molecule has 2 heterocycles. The molecule has 0 fully saturated rings. The van der Waals surface area contributed by atoms with Crippen LogP contribution in [0.1, 0.15) is 15.9 Å². The van der Waals surface area contributed by atoms with Crippen LogP contribution in [0.2, 0.25) is 0 Å². The van der Waals surface area contributed by atoms with Gasteiger partial charge in [0.1, 0.15) is 0 Å². The molecule has 0 saturated heterocycles. The number of nitrogens with one attached hydrogen (secondary N) is 2. The lowest BCUT2D eigenvalue weighted by molar-refractivity contribution is 0.102. The fourth-order valence-electron chi connectivity index (χ4n) is 2.96. The maximum Gasteiger partial charge on any atom is 0.257 e. The minimum atomic E-state index is -0.207. The van der Waals surface area contributed by atoms with Crippen LogP contribution in [0.3, 0.4) is 0 Å². The van der Waals surface area contributed by atoms with Crippen molar-refractivity contribution >= 4 is 23.0 Å². The Balaban J connectivity index is 1.39. The molecular weight excluding hydrogens is 368 g/mol. The molecule has 7 heteroatoms. The second-order valence-corrected chi connectivity index (χ2v) is 6.90. The minimum Gasteiger partial charge on any atom is -0.454 e. The van der Waals surface area contributed by atoms with Gasteiger partial charge in [0.15, 0.2) is 11.5 Å². The summed E-state index contributed by atoms with van der Waals surface area (Å²) in [6, 6.07) is 15.3. The van der Waals surface area contributed by atoms with Crippen molar-refractivity contribution in [2.45, 2.75) is 6.54 Å². The smallest absolute Gasteiger partial charge is 0.257 e. The number of carbonyl (C=O) groups is 1. The van der Waals surface area contributed by atoms with Gasteiger partial charge in [-0.25, -0.2) is 0 Å². The third-order valence-electron chi connectivity index (χ3n) is 4.58. The fraction of sp³-hybridized carbons (Fsp3) is 0.182. The van der Waals surface area contributed by atoms with Crippen molar-refractivity contribution in [2.75, 3.05) is 36.4 Å². The molecule has 29 heavy (non-hydrogen) atoms. The lowest BCUT2D eigenvalue weighted by Gasteiger charge is -2.13. The summed E-state index contributed by atoms with van der Waals surface area (Å²) in [5, 5.41) is 6.18. The summed E-state index contributed by atoms with van der Waals surface area (Å²) in [5.74, 6) is 1.30. The van der Waals surface area contributed by atoms with Crippen molar-refractivity contribution < 1.29 is 14.3 Å². The van der Waals surface area contributed by atoms with Crippen LogP contribution in [0.4, 0.5) is 17.1 Å². The van der Waals surface area contributed by atoms with Gasteiger partial charge in [-0.15, -0.1) is 0 Å². The van der Waals surface area contributed by atoms with Crippen LogP contribution in [0, 0.1) is 0 Å². The van der Waals surface area contributed by atoms with E-state index in [1.54, 1.807) is 18.5 Å². The number of rotatable bonds is 6. The molecule has 0 unspecified atom stereocenters. The number of amides is 1. The molecule has 2 aromatic carbocycles. The van der Waals surface area contributed by atoms with E-state index >= 15 is 0 Å². The minimum absolute atomic E-state index is 0.207. The zero-order valence-corrected chi connectivity index (χ0v) is 16.3. The molecule has 0 bridgehead atoms. The van der Waals surface area contributed by atoms with Crippen LogP contribution in [0.15, 0.2) is 60.9 Å². The molecule has 0 saturated carbocycles. The van der Waals surface area contributed by atoms with E-state index in [1.807, 2.05) is 61.5 Å². The molecular formula is C22H22N4O3. The average molecular weight is 390 g/mol. The van der Waals surface area contributed by atoms with E-state index < -0.39 is 0 Å².